The standard InChI is InChI=1S/C19H14BrNO5S/c20-14-7-3-1-6-13(14)10-21-18(24)16(27-19(21)25)9-12-5-2-4-8-15(12)26-11-17(22)23/h1-9H,10-11H2,(H,22,23)/b16-9+. The highest BCUT2D eigenvalue weighted by Gasteiger charge is 2.35. The summed E-state index contributed by atoms with van der Waals surface area (Å²) in [5, 5.41) is 8.41. The van der Waals surface area contributed by atoms with Crippen LogP contribution in [-0.4, -0.2) is 33.7 Å². The fraction of sp³-hybridized carbons (Fsp3) is 0.105. The summed E-state index contributed by atoms with van der Waals surface area (Å²) in [4.78, 5) is 37.1. The summed E-state index contributed by atoms with van der Waals surface area (Å²) in [5.41, 5.74) is 1.36. The van der Waals surface area contributed by atoms with Crippen LogP contribution in [0, 0.1) is 0 Å². The third-order valence-electron chi connectivity index (χ3n) is 3.72. The van der Waals surface area contributed by atoms with E-state index < -0.39 is 18.5 Å². The summed E-state index contributed by atoms with van der Waals surface area (Å²) in [5.74, 6) is -1.16. The maximum absolute atomic E-state index is 12.7. The molecule has 6 nitrogen and oxygen atoms in total. The first-order valence-electron chi connectivity index (χ1n) is 7.88. The van der Waals surface area contributed by atoms with E-state index in [0.717, 1.165) is 21.8 Å². The number of aliphatic carboxylic acids is 1. The number of ether oxygens (including phenoxy) is 1. The van der Waals surface area contributed by atoms with Crippen molar-refractivity contribution in [3.63, 3.8) is 0 Å². The van der Waals surface area contributed by atoms with Gasteiger partial charge < -0.3 is 9.84 Å². The summed E-state index contributed by atoms with van der Waals surface area (Å²) in [6.45, 7) is -0.324. The average molecular weight is 448 g/mol. The zero-order valence-electron chi connectivity index (χ0n) is 13.9. The number of para-hydroxylation sites is 1. The van der Waals surface area contributed by atoms with Crippen LogP contribution in [0.15, 0.2) is 57.9 Å². The molecule has 1 saturated heterocycles. The molecule has 1 fully saturated rings. The van der Waals surface area contributed by atoms with Gasteiger partial charge in [0.2, 0.25) is 0 Å². The highest BCUT2D eigenvalue weighted by atomic mass is 79.9. The molecule has 138 valence electrons. The molecule has 1 aliphatic rings. The number of hydrogen-bond donors (Lipinski definition) is 1. The van der Waals surface area contributed by atoms with E-state index in [1.54, 1.807) is 30.3 Å². The van der Waals surface area contributed by atoms with Gasteiger partial charge in [-0.05, 0) is 35.5 Å². The number of nitrogens with zero attached hydrogens (tertiary/aromatic N) is 1. The van der Waals surface area contributed by atoms with Gasteiger partial charge in [-0.2, -0.15) is 0 Å². The second-order valence-corrected chi connectivity index (χ2v) is 7.43. The number of carbonyl (C=O) groups excluding carboxylic acids is 2. The summed E-state index contributed by atoms with van der Waals surface area (Å²) in [6.07, 6.45) is 1.54. The fourth-order valence-electron chi connectivity index (χ4n) is 2.45. The van der Waals surface area contributed by atoms with Crippen molar-refractivity contribution in [1.29, 1.82) is 0 Å². The lowest BCUT2D eigenvalue weighted by Crippen LogP contribution is -2.27. The molecular weight excluding hydrogens is 434 g/mol. The number of imide groups is 1. The number of hydrogen-bond acceptors (Lipinski definition) is 5. The first-order valence-corrected chi connectivity index (χ1v) is 9.49. The van der Waals surface area contributed by atoms with Crippen LogP contribution < -0.4 is 4.74 Å². The zero-order valence-corrected chi connectivity index (χ0v) is 16.3. The van der Waals surface area contributed by atoms with Gasteiger partial charge in [0.1, 0.15) is 5.75 Å². The van der Waals surface area contributed by atoms with Crippen LogP contribution in [0.1, 0.15) is 11.1 Å². The third-order valence-corrected chi connectivity index (χ3v) is 5.40. The lowest BCUT2D eigenvalue weighted by atomic mass is 10.1. The molecule has 0 radical (unpaired) electrons. The van der Waals surface area contributed by atoms with E-state index in [4.69, 9.17) is 9.84 Å². The molecule has 27 heavy (non-hydrogen) atoms. The molecule has 0 atom stereocenters. The van der Waals surface area contributed by atoms with Crippen molar-refractivity contribution >= 4 is 50.9 Å². The Labute approximate surface area is 167 Å². The molecule has 1 N–H and O–H groups in total. The van der Waals surface area contributed by atoms with E-state index in [-0.39, 0.29) is 16.7 Å². The number of amides is 2. The smallest absolute Gasteiger partial charge is 0.341 e. The monoisotopic (exact) mass is 447 g/mol. The van der Waals surface area contributed by atoms with Crippen molar-refractivity contribution in [3.05, 3.63) is 69.0 Å². The normalized spacial score (nSPS) is 15.4. The lowest BCUT2D eigenvalue weighted by Gasteiger charge is -2.13. The first-order chi connectivity index (χ1) is 13.0. The molecule has 8 heteroatoms. The van der Waals surface area contributed by atoms with E-state index >= 15 is 0 Å². The van der Waals surface area contributed by atoms with Gasteiger partial charge in [-0.25, -0.2) is 4.79 Å². The van der Waals surface area contributed by atoms with Gasteiger partial charge in [-0.15, -0.1) is 0 Å². The molecule has 0 aliphatic carbocycles. The number of thioether (sulfide) groups is 1. The van der Waals surface area contributed by atoms with Gasteiger partial charge in [0.15, 0.2) is 6.61 Å². The summed E-state index contributed by atoms with van der Waals surface area (Å²) in [6, 6.07) is 14.1. The van der Waals surface area contributed by atoms with Crippen molar-refractivity contribution in [1.82, 2.24) is 4.90 Å². The summed E-state index contributed by atoms with van der Waals surface area (Å²) in [7, 11) is 0. The van der Waals surface area contributed by atoms with Gasteiger partial charge in [-0.3, -0.25) is 14.5 Å². The molecular formula is C19H14BrNO5S. The Balaban J connectivity index is 1.83. The number of halogens is 1. The van der Waals surface area contributed by atoms with Crippen LogP contribution in [0.5, 0.6) is 5.75 Å². The molecule has 1 aliphatic heterocycles. The quantitative estimate of drug-likeness (QED) is 0.669. The van der Waals surface area contributed by atoms with Crippen molar-refractivity contribution in [3.8, 4) is 5.75 Å². The van der Waals surface area contributed by atoms with Gasteiger partial charge in [0, 0.05) is 10.0 Å². The van der Waals surface area contributed by atoms with Crippen LogP contribution in [0.2, 0.25) is 0 Å². The largest absolute Gasteiger partial charge is 0.481 e. The van der Waals surface area contributed by atoms with E-state index in [1.807, 2.05) is 24.3 Å². The Morgan fingerprint density at radius 3 is 2.59 bits per heavy atom. The molecule has 2 aromatic carbocycles. The predicted octanol–water partition coefficient (Wildman–Crippen LogP) is 4.15. The van der Waals surface area contributed by atoms with Crippen LogP contribution in [0.25, 0.3) is 6.08 Å². The molecule has 0 spiro atoms. The highest BCUT2D eigenvalue weighted by molar-refractivity contribution is 9.10. The van der Waals surface area contributed by atoms with Crippen molar-refractivity contribution in [2.75, 3.05) is 6.61 Å². The zero-order chi connectivity index (χ0) is 19.4. The van der Waals surface area contributed by atoms with Gasteiger partial charge in [0.05, 0.1) is 11.4 Å². The minimum absolute atomic E-state index is 0.167. The van der Waals surface area contributed by atoms with Crippen molar-refractivity contribution < 1.29 is 24.2 Å². The molecule has 0 unspecified atom stereocenters. The average Bonchev–Trinajstić information content (AvgIpc) is 2.90. The minimum Gasteiger partial charge on any atom is -0.481 e. The van der Waals surface area contributed by atoms with Crippen molar-refractivity contribution in [2.45, 2.75) is 6.54 Å². The highest BCUT2D eigenvalue weighted by Crippen LogP contribution is 2.35. The van der Waals surface area contributed by atoms with Crippen LogP contribution in [0.3, 0.4) is 0 Å². The first kappa shape index (κ1) is 19.2. The second kappa shape index (κ2) is 8.41. The Bertz CT molecular complexity index is 943. The molecule has 0 bridgehead atoms. The maximum atomic E-state index is 12.7. The molecule has 1 heterocycles. The molecule has 2 amide bonds. The van der Waals surface area contributed by atoms with Gasteiger partial charge in [0.25, 0.3) is 11.1 Å². The van der Waals surface area contributed by atoms with Crippen LogP contribution in [-0.2, 0) is 16.1 Å². The second-order valence-electron chi connectivity index (χ2n) is 5.58. The molecule has 0 saturated carbocycles. The Hall–Kier alpha value is -2.58. The molecule has 2 aromatic rings. The summed E-state index contributed by atoms with van der Waals surface area (Å²) >= 11 is 4.26. The topological polar surface area (TPSA) is 83.9 Å². The number of carboxylic acid groups (broad SMARTS) is 1. The van der Waals surface area contributed by atoms with Crippen LogP contribution in [0.4, 0.5) is 4.79 Å². The van der Waals surface area contributed by atoms with E-state index in [9.17, 15) is 14.4 Å². The lowest BCUT2D eigenvalue weighted by molar-refractivity contribution is -0.139. The SMILES string of the molecule is O=C(O)COc1ccccc1/C=C1/SC(=O)N(Cc2ccccc2Br)C1=O. The summed E-state index contributed by atoms with van der Waals surface area (Å²) < 4.78 is 6.06. The fourth-order valence-corrected chi connectivity index (χ4v) is 3.68. The third kappa shape index (κ3) is 4.58. The van der Waals surface area contributed by atoms with Crippen molar-refractivity contribution in [2.24, 2.45) is 0 Å². The molecule has 0 aromatic heterocycles. The van der Waals surface area contributed by atoms with Crippen LogP contribution >= 0.6 is 27.7 Å². The maximum Gasteiger partial charge on any atom is 0.341 e. The van der Waals surface area contributed by atoms with Gasteiger partial charge in [-0.1, -0.05) is 52.3 Å². The van der Waals surface area contributed by atoms with E-state index in [0.29, 0.717) is 11.3 Å². The number of carboxylic acids is 1. The number of rotatable bonds is 6. The predicted molar refractivity (Wildman–Crippen MR) is 105 cm³/mol. The number of benzene rings is 2. The van der Waals surface area contributed by atoms with E-state index in [2.05, 4.69) is 15.9 Å². The molecule has 3 rings (SSSR count). The number of carbonyl (C=O) groups is 3. The Morgan fingerprint density at radius 2 is 1.85 bits per heavy atom. The minimum atomic E-state index is -1.10. The van der Waals surface area contributed by atoms with E-state index in [1.165, 1.54) is 4.90 Å². The Kier molecular flexibility index (Phi) is 5.98. The Morgan fingerprint density at radius 1 is 1.15 bits per heavy atom. The van der Waals surface area contributed by atoms with Gasteiger partial charge >= 0.3 is 5.97 Å².